The van der Waals surface area contributed by atoms with Crippen molar-refractivity contribution >= 4 is 44.4 Å². The van der Waals surface area contributed by atoms with Crippen LogP contribution in [0.25, 0.3) is 28.5 Å². The SMILES string of the molecule is Cc1ccc(/C=C/c2nn3c(-c4ccc(Br)cc4)nnc3s2)cc1. The monoisotopic (exact) mass is 396 g/mol. The van der Waals surface area contributed by atoms with Crippen molar-refractivity contribution in [1.82, 2.24) is 19.8 Å². The van der Waals surface area contributed by atoms with Crippen LogP contribution in [-0.4, -0.2) is 19.8 Å². The van der Waals surface area contributed by atoms with Crippen molar-refractivity contribution in [3.63, 3.8) is 0 Å². The van der Waals surface area contributed by atoms with E-state index in [2.05, 4.69) is 68.5 Å². The van der Waals surface area contributed by atoms with Gasteiger partial charge in [-0.2, -0.15) is 9.61 Å². The lowest BCUT2D eigenvalue weighted by molar-refractivity contribution is 0.960. The van der Waals surface area contributed by atoms with E-state index in [1.165, 1.54) is 16.9 Å². The normalized spacial score (nSPS) is 11.6. The van der Waals surface area contributed by atoms with Gasteiger partial charge in [0.2, 0.25) is 4.96 Å². The van der Waals surface area contributed by atoms with Gasteiger partial charge in [-0.3, -0.25) is 0 Å². The molecule has 6 heteroatoms. The van der Waals surface area contributed by atoms with Gasteiger partial charge in [0.1, 0.15) is 5.01 Å². The maximum absolute atomic E-state index is 4.62. The van der Waals surface area contributed by atoms with Gasteiger partial charge in [-0.25, -0.2) is 0 Å². The van der Waals surface area contributed by atoms with Gasteiger partial charge in [-0.05, 0) is 30.7 Å². The van der Waals surface area contributed by atoms with Crippen molar-refractivity contribution < 1.29 is 0 Å². The van der Waals surface area contributed by atoms with Crippen LogP contribution in [0.3, 0.4) is 0 Å². The Bertz CT molecular complexity index is 1010. The first-order valence-electron chi connectivity index (χ1n) is 7.42. The topological polar surface area (TPSA) is 43.1 Å². The molecular weight excluding hydrogens is 384 g/mol. The average molecular weight is 397 g/mol. The number of nitrogens with zero attached hydrogens (tertiary/aromatic N) is 4. The summed E-state index contributed by atoms with van der Waals surface area (Å²) >= 11 is 4.96. The Balaban J connectivity index is 1.66. The lowest BCUT2D eigenvalue weighted by Gasteiger charge is -1.96. The first-order valence-corrected chi connectivity index (χ1v) is 9.03. The molecule has 0 amide bonds. The molecule has 0 aliphatic carbocycles. The number of aromatic nitrogens is 4. The van der Waals surface area contributed by atoms with Crippen molar-refractivity contribution in [2.24, 2.45) is 0 Å². The van der Waals surface area contributed by atoms with E-state index in [0.717, 1.165) is 31.4 Å². The predicted molar refractivity (Wildman–Crippen MR) is 102 cm³/mol. The molecule has 0 atom stereocenters. The summed E-state index contributed by atoms with van der Waals surface area (Å²) in [5.74, 6) is 0.753. The largest absolute Gasteiger partial charge is 0.235 e. The lowest BCUT2D eigenvalue weighted by Crippen LogP contribution is -1.90. The molecule has 0 saturated heterocycles. The third kappa shape index (κ3) is 3.02. The van der Waals surface area contributed by atoms with Crippen LogP contribution in [-0.2, 0) is 0 Å². The number of hydrogen-bond acceptors (Lipinski definition) is 4. The minimum absolute atomic E-state index is 0.753. The molecule has 118 valence electrons. The minimum atomic E-state index is 0.753. The number of hydrogen-bond donors (Lipinski definition) is 0. The van der Waals surface area contributed by atoms with Gasteiger partial charge in [-0.1, -0.05) is 75.3 Å². The minimum Gasteiger partial charge on any atom is -0.182 e. The quantitative estimate of drug-likeness (QED) is 0.484. The van der Waals surface area contributed by atoms with E-state index < -0.39 is 0 Å². The van der Waals surface area contributed by atoms with Gasteiger partial charge in [-0.15, -0.1) is 10.2 Å². The Morgan fingerprint density at radius 3 is 2.46 bits per heavy atom. The van der Waals surface area contributed by atoms with Gasteiger partial charge in [0.25, 0.3) is 0 Å². The van der Waals surface area contributed by atoms with Crippen LogP contribution in [0.15, 0.2) is 53.0 Å². The summed E-state index contributed by atoms with van der Waals surface area (Å²) in [5.41, 5.74) is 3.40. The highest BCUT2D eigenvalue weighted by Gasteiger charge is 2.12. The van der Waals surface area contributed by atoms with Gasteiger partial charge in [0, 0.05) is 10.0 Å². The fourth-order valence-electron chi connectivity index (χ4n) is 2.32. The van der Waals surface area contributed by atoms with Crippen molar-refractivity contribution in [3.05, 3.63) is 69.1 Å². The molecule has 0 aliphatic rings. The van der Waals surface area contributed by atoms with Gasteiger partial charge < -0.3 is 0 Å². The smallest absolute Gasteiger partial charge is 0.182 e. The Morgan fingerprint density at radius 1 is 0.958 bits per heavy atom. The van der Waals surface area contributed by atoms with Crippen molar-refractivity contribution in [2.45, 2.75) is 6.92 Å². The maximum atomic E-state index is 4.62. The molecule has 0 N–H and O–H groups in total. The molecule has 2 heterocycles. The highest BCUT2D eigenvalue weighted by Crippen LogP contribution is 2.24. The molecule has 0 fully saturated rings. The highest BCUT2D eigenvalue weighted by molar-refractivity contribution is 9.10. The summed E-state index contributed by atoms with van der Waals surface area (Å²) in [7, 11) is 0. The van der Waals surface area contributed by atoms with E-state index in [9.17, 15) is 0 Å². The van der Waals surface area contributed by atoms with Crippen molar-refractivity contribution in [3.8, 4) is 11.4 Å². The van der Waals surface area contributed by atoms with Crippen molar-refractivity contribution in [1.29, 1.82) is 0 Å². The second-order valence-electron chi connectivity index (χ2n) is 5.41. The molecular formula is C18H13BrN4S. The summed E-state index contributed by atoms with van der Waals surface area (Å²) in [5, 5.41) is 14.0. The van der Waals surface area contributed by atoms with E-state index in [1.54, 1.807) is 4.52 Å². The molecule has 24 heavy (non-hydrogen) atoms. The maximum Gasteiger partial charge on any atom is 0.235 e. The third-order valence-electron chi connectivity index (χ3n) is 3.60. The summed E-state index contributed by atoms with van der Waals surface area (Å²) in [6, 6.07) is 16.4. The highest BCUT2D eigenvalue weighted by atomic mass is 79.9. The summed E-state index contributed by atoms with van der Waals surface area (Å²) in [6.07, 6.45) is 4.07. The number of fused-ring (bicyclic) bond motifs is 1. The van der Waals surface area contributed by atoms with Gasteiger partial charge in [0.15, 0.2) is 5.82 Å². The summed E-state index contributed by atoms with van der Waals surface area (Å²) in [6.45, 7) is 2.08. The molecule has 0 spiro atoms. The van der Waals surface area contributed by atoms with Crippen LogP contribution < -0.4 is 0 Å². The molecule has 0 unspecified atom stereocenters. The molecule has 0 saturated carbocycles. The van der Waals surface area contributed by atoms with E-state index in [4.69, 9.17) is 0 Å². The number of aryl methyl sites for hydroxylation is 1. The summed E-state index contributed by atoms with van der Waals surface area (Å²) in [4.78, 5) is 0.788. The first kappa shape index (κ1) is 15.2. The fraction of sp³-hybridized carbons (Fsp3) is 0.0556. The van der Waals surface area contributed by atoms with E-state index in [1.807, 2.05) is 30.3 Å². The molecule has 4 rings (SSSR count). The zero-order valence-electron chi connectivity index (χ0n) is 12.8. The van der Waals surface area contributed by atoms with Crippen LogP contribution in [0.5, 0.6) is 0 Å². The average Bonchev–Trinajstić information content (AvgIpc) is 3.15. The summed E-state index contributed by atoms with van der Waals surface area (Å²) < 4.78 is 2.83. The second kappa shape index (κ2) is 6.30. The van der Waals surface area contributed by atoms with E-state index >= 15 is 0 Å². The van der Waals surface area contributed by atoms with E-state index in [0.29, 0.717) is 0 Å². The van der Waals surface area contributed by atoms with Crippen LogP contribution in [0.2, 0.25) is 0 Å². The van der Waals surface area contributed by atoms with Crippen LogP contribution in [0.4, 0.5) is 0 Å². The van der Waals surface area contributed by atoms with Gasteiger partial charge >= 0.3 is 0 Å². The zero-order valence-corrected chi connectivity index (χ0v) is 15.3. The second-order valence-corrected chi connectivity index (χ2v) is 7.31. The van der Waals surface area contributed by atoms with Crippen LogP contribution >= 0.6 is 27.3 Å². The third-order valence-corrected chi connectivity index (χ3v) is 5.00. The Kier molecular flexibility index (Phi) is 4.00. The Hall–Kier alpha value is -2.31. The molecule has 2 aromatic carbocycles. The van der Waals surface area contributed by atoms with Crippen molar-refractivity contribution in [2.75, 3.05) is 0 Å². The molecule has 2 aromatic heterocycles. The number of halogens is 1. The standard InChI is InChI=1S/C18H13BrN4S/c1-12-2-4-13(5-3-12)6-11-16-22-23-17(20-21-18(23)24-16)14-7-9-15(19)10-8-14/h2-11H,1H3/b11-6+. The predicted octanol–water partition coefficient (Wildman–Crippen LogP) is 5.09. The molecule has 0 aliphatic heterocycles. The van der Waals surface area contributed by atoms with E-state index in [-0.39, 0.29) is 0 Å². The van der Waals surface area contributed by atoms with Crippen LogP contribution in [0, 0.1) is 6.92 Å². The molecule has 0 radical (unpaired) electrons. The van der Waals surface area contributed by atoms with Gasteiger partial charge in [0.05, 0.1) is 0 Å². The Morgan fingerprint density at radius 2 is 1.71 bits per heavy atom. The number of rotatable bonds is 3. The fourth-order valence-corrected chi connectivity index (χ4v) is 3.33. The molecule has 4 nitrogen and oxygen atoms in total. The molecule has 4 aromatic rings. The molecule has 0 bridgehead atoms. The first-order chi connectivity index (χ1) is 11.7. The lowest BCUT2D eigenvalue weighted by atomic mass is 10.1. The number of benzene rings is 2. The van der Waals surface area contributed by atoms with Crippen LogP contribution in [0.1, 0.15) is 16.1 Å². The Labute approximate surface area is 151 Å². The zero-order chi connectivity index (χ0) is 16.5.